The number of aliphatic hydroxyl groups excluding tert-OH is 1. The first-order chi connectivity index (χ1) is 69.7. The molecule has 6 aliphatic heterocycles. The first-order valence-electron chi connectivity index (χ1n) is 44.2. The summed E-state index contributed by atoms with van der Waals surface area (Å²) in [6.07, 6.45) is -24.1. The number of aromatic amines is 2. The molecule has 802 valence electrons. The summed E-state index contributed by atoms with van der Waals surface area (Å²) in [5, 5.41) is 11.9. The Kier molecular flexibility index (Phi) is 36.4. The third-order valence-electron chi connectivity index (χ3n) is 23.6. The van der Waals surface area contributed by atoms with Crippen LogP contribution in [0.2, 0.25) is 0 Å². The molecule has 0 saturated carbocycles. The van der Waals surface area contributed by atoms with Crippen LogP contribution < -0.4 is 70.7 Å². The Bertz CT molecular complexity index is 6770. The van der Waals surface area contributed by atoms with Crippen LogP contribution in [-0.4, -0.2) is 341 Å². The SMILES string of the molecule is COCCO[C@H]1C(OP([O-])(=S)OC[C@H]2O[C@@H](n3cnc4c(N)ncnc43)[C@@H](OCCOC)C2O)[C@@H](COP([O-])(=S)OC2[C@@H](COP([O-])(=S)OC3[C@@H](COP(=O)([S-])OC4[C@@H](COP([O-])(=S)OC5C[C@H](n6cnc7c(N)ncnc76)O[C@@H]5C)O[C@@H](n5cc(C)c(=O)[nH]c5=O)[C@H]4OCCOC)O[C@@H](n4cnc5c(N)ncnc54)[C@H]3OCCOC)O[C@@H](n3cnc4c(=O)[nH]c(N)nc43)[C@H]2OCCOC)O[C@H]1n1cc(C)c(N)nc1=O. The van der Waals surface area contributed by atoms with Gasteiger partial charge in [-0.25, -0.2) is 59.4 Å². The number of anilines is 5. The van der Waals surface area contributed by atoms with E-state index in [9.17, 15) is 29.2 Å². The second-order valence-corrected chi connectivity index (χ2v) is 46.7. The Morgan fingerprint density at radius 3 is 1.21 bits per heavy atom. The molecule has 0 radical (unpaired) electrons. The first-order valence-corrected chi connectivity index (χ1v) is 57.0. The number of aliphatic hydroxyl groups is 1. The number of aromatic nitrogens is 20. The van der Waals surface area contributed by atoms with Crippen LogP contribution in [0.15, 0.2) is 75.9 Å². The van der Waals surface area contributed by atoms with Crippen LogP contribution in [0.3, 0.4) is 0 Å². The molecule has 16 heterocycles. The number of methoxy groups -OCH3 is 5. The van der Waals surface area contributed by atoms with Crippen LogP contribution in [0, 0.1) is 13.8 Å². The van der Waals surface area contributed by atoms with Gasteiger partial charge in [0.2, 0.25) is 5.95 Å². The van der Waals surface area contributed by atoms with Gasteiger partial charge in [-0.05, 0) is 20.8 Å². The second-order valence-electron chi connectivity index (χ2n) is 33.1. The van der Waals surface area contributed by atoms with Gasteiger partial charge in [-0.15, -0.1) is 0 Å². The summed E-state index contributed by atoms with van der Waals surface area (Å²) >= 11 is 28.5. The molecule has 0 aromatic carbocycles. The molecule has 71 heteroatoms. The van der Waals surface area contributed by atoms with Crippen molar-refractivity contribution < 1.29 is 150 Å². The summed E-state index contributed by atoms with van der Waals surface area (Å²) in [6, 6.07) is 0. The number of ether oxygens (including phenoxy) is 16. The van der Waals surface area contributed by atoms with Crippen LogP contribution in [0.5, 0.6) is 0 Å². The molecular formula is C75H101N25O36P5S5-5. The number of imidazole rings is 4. The van der Waals surface area contributed by atoms with Crippen molar-refractivity contribution in [1.29, 1.82) is 0 Å². The van der Waals surface area contributed by atoms with E-state index in [1.54, 1.807) is 11.5 Å². The Morgan fingerprint density at radius 2 is 0.767 bits per heavy atom. The lowest BCUT2D eigenvalue weighted by Gasteiger charge is -2.38. The Balaban J connectivity index is 0.689. The van der Waals surface area contributed by atoms with E-state index < -0.39 is 236 Å². The quantitative estimate of drug-likeness (QED) is 0.0103. The van der Waals surface area contributed by atoms with Gasteiger partial charge < -0.3 is 187 Å². The molecule has 16 rings (SSSR count). The van der Waals surface area contributed by atoms with Crippen molar-refractivity contribution in [2.45, 2.75) is 168 Å². The van der Waals surface area contributed by atoms with E-state index in [-0.39, 0.29) is 140 Å². The minimum absolute atomic E-state index is 0.00749. The van der Waals surface area contributed by atoms with Gasteiger partial charge in [0, 0.05) is 65.5 Å². The lowest BCUT2D eigenvalue weighted by atomic mass is 10.1. The number of fused-ring (bicyclic) bond motifs is 4. The zero-order chi connectivity index (χ0) is 104. The van der Waals surface area contributed by atoms with Crippen molar-refractivity contribution in [3.05, 3.63) is 109 Å². The van der Waals surface area contributed by atoms with Crippen LogP contribution in [0.1, 0.15) is 61.8 Å². The van der Waals surface area contributed by atoms with E-state index in [1.807, 2.05) is 0 Å². The highest BCUT2D eigenvalue weighted by molar-refractivity contribution is 8.32. The van der Waals surface area contributed by atoms with Gasteiger partial charge in [0.25, 0.3) is 11.1 Å². The molecule has 0 spiro atoms. The van der Waals surface area contributed by atoms with Crippen molar-refractivity contribution in [2.24, 2.45) is 0 Å². The van der Waals surface area contributed by atoms with Gasteiger partial charge in [0.15, 0.2) is 83.5 Å². The van der Waals surface area contributed by atoms with Crippen molar-refractivity contribution in [3.63, 3.8) is 0 Å². The second kappa shape index (κ2) is 47.8. The van der Waals surface area contributed by atoms with E-state index in [0.29, 0.717) is 11.2 Å². The molecule has 6 saturated heterocycles. The summed E-state index contributed by atoms with van der Waals surface area (Å²) in [7, 11) is 6.85. The number of nitrogen functional groups attached to an aromatic ring is 5. The maximum Gasteiger partial charge on any atom is 0.351 e. The van der Waals surface area contributed by atoms with E-state index in [0.717, 1.165) is 28.0 Å². The van der Waals surface area contributed by atoms with Gasteiger partial charge in [0.1, 0.15) is 166 Å². The average molecular weight is 2240 g/mol. The molecule has 28 atom stereocenters. The third-order valence-corrected chi connectivity index (χ3v) is 31.4. The lowest BCUT2D eigenvalue weighted by molar-refractivity contribution is -0.223. The standard InChI is InChI=1S/C75H106N25O36P5S5/c1-34-20-95(74(104)91-58(34)76)69-54(117-15-10-112-5)50(133-138(107,143)121-22-38-48(101)53(116-14-9-111-4)68(127-38)98-31-88-45-60(78)82-28-85-63(45)98)40(128-69)24-123-140(109,145)136-52-42(131-72(57(52)120-18-13-115-8)100-33-90-47-65(100)92-73(80)93-67(47)103)26-125-141(110,146)135-51-41(130-71(56(51)119-17-12-114-7)99-32-89-46-61(79)83-29-86-64(46)99)25-124-139(108,144)134-49-39(129-70(55(49)118-16-11-113-6)96-21-35(2)66(102)94-75(96)105)23-122-137(106,142)132-37-19-43(126-36(37)3)97-30-87-44-59(77)81-27-84-62(44)97/h20-21,27-33,36-43,48-57,68-72,101H,9-19,22-26H2,1-8H3,(H,106,142)(H,107,143)(H,108,144)(H,109,145)(H,110,146)(H2,76,91,104)(H2,77,81,84)(H2,78,82,85)(H2,79,83,86)(H,94,102,105)(H3,80,92,93,103)/p-5/t36-,37?,38-,39-,40-,41-,42-,43-,48?,49?,50?,51?,52?,53+,54+,55+,56+,57+,68-,69-,70-,71-,72-,137?,138?,139?,140?,141?/m1/s1. The Hall–Kier alpha value is -7.50. The zero-order valence-electron chi connectivity index (χ0n) is 78.2. The van der Waals surface area contributed by atoms with Crippen molar-refractivity contribution in [2.75, 3.05) is 163 Å². The third kappa shape index (κ3) is 25.3. The highest BCUT2D eigenvalue weighted by Crippen LogP contribution is 2.57. The number of aryl methyl sites for hydroxylation is 2. The van der Waals surface area contributed by atoms with Crippen LogP contribution in [0.4, 0.5) is 29.2 Å². The fourth-order valence-electron chi connectivity index (χ4n) is 16.8. The van der Waals surface area contributed by atoms with Crippen LogP contribution >= 0.6 is 33.7 Å². The highest BCUT2D eigenvalue weighted by Gasteiger charge is 2.56. The molecule has 0 bridgehead atoms. The molecule has 0 aliphatic carbocycles. The summed E-state index contributed by atoms with van der Waals surface area (Å²) in [4.78, 5) is 171. The number of nitrogens with one attached hydrogen (secondary N) is 2. The molecule has 13 N–H and O–H groups in total. The molecule has 11 unspecified atom stereocenters. The minimum Gasteiger partial charge on any atom is -0.780 e. The maximum absolute atomic E-state index is 15.8. The first kappa shape index (κ1) is 111. The Morgan fingerprint density at radius 1 is 0.411 bits per heavy atom. The smallest absolute Gasteiger partial charge is 0.351 e. The van der Waals surface area contributed by atoms with Gasteiger partial charge in [-0.1, -0.05) is 47.2 Å². The predicted octanol–water partition coefficient (Wildman–Crippen LogP) is -3.71. The normalized spacial score (nSPS) is 29.2. The number of hydrogen-bond donors (Lipinski definition) is 8. The van der Waals surface area contributed by atoms with E-state index >= 15 is 19.2 Å². The fourth-order valence-corrected chi connectivity index (χ4v) is 24.0. The monoisotopic (exact) mass is 2240 g/mol. The van der Waals surface area contributed by atoms with Crippen LogP contribution in [0.25, 0.3) is 44.7 Å². The molecule has 6 fully saturated rings. The summed E-state index contributed by atoms with van der Waals surface area (Å²) in [5.41, 5.74) is 28.0. The molecule has 6 aliphatic rings. The van der Waals surface area contributed by atoms with Crippen molar-refractivity contribution in [1.82, 2.24) is 97.2 Å². The van der Waals surface area contributed by atoms with E-state index in [4.69, 9.17) is 209 Å². The van der Waals surface area contributed by atoms with Gasteiger partial charge in [-0.2, -0.15) is 9.97 Å². The summed E-state index contributed by atoms with van der Waals surface area (Å²) < 4.78 is 182. The number of hydrogen-bond acceptors (Lipinski definition) is 58. The molecule has 146 heavy (non-hydrogen) atoms. The number of nitrogens with two attached hydrogens (primary N) is 5. The van der Waals surface area contributed by atoms with Crippen LogP contribution in [-0.2, 0) is 185 Å². The minimum atomic E-state index is -5.32. The topological polar surface area (TPSA) is 784 Å². The zero-order valence-corrected chi connectivity index (χ0v) is 86.8. The Labute approximate surface area is 850 Å². The number of nitrogens with zero attached hydrogens (tertiary/aromatic N) is 18. The van der Waals surface area contributed by atoms with Crippen molar-refractivity contribution in [3.8, 4) is 0 Å². The van der Waals surface area contributed by atoms with Gasteiger partial charge in [0.05, 0.1) is 137 Å². The predicted molar refractivity (Wildman–Crippen MR) is 510 cm³/mol. The molecule has 10 aromatic heterocycles. The van der Waals surface area contributed by atoms with E-state index in [1.165, 1.54) is 101 Å². The van der Waals surface area contributed by atoms with E-state index in [2.05, 4.69) is 69.8 Å². The largest absolute Gasteiger partial charge is 0.780 e. The van der Waals surface area contributed by atoms with Gasteiger partial charge in [-0.3, -0.25) is 51.5 Å². The maximum atomic E-state index is 15.8. The molecular weight excluding hydrogens is 2140 g/mol. The average Bonchev–Trinajstić information content (AvgIpc) is 1.62. The van der Waals surface area contributed by atoms with Gasteiger partial charge >= 0.3 is 11.4 Å². The lowest BCUT2D eigenvalue weighted by Crippen LogP contribution is -2.42. The summed E-state index contributed by atoms with van der Waals surface area (Å²) in [5.74, 6) is -0.531. The number of H-pyrrole nitrogens is 2. The molecule has 61 nitrogen and oxygen atoms in total. The van der Waals surface area contributed by atoms with Crippen molar-refractivity contribution >= 4 is 167 Å². The molecule has 0 amide bonds. The summed E-state index contributed by atoms with van der Waals surface area (Å²) in [6.45, 7) is -27.4. The molecule has 10 aromatic rings. The fraction of sp³-hybridized carbons (Fsp3) is 0.627. The highest BCUT2D eigenvalue weighted by atomic mass is 32.7. The number of rotatable bonds is 51.